The second-order valence-corrected chi connectivity index (χ2v) is 8.38. The van der Waals surface area contributed by atoms with E-state index < -0.39 is 0 Å². The molecule has 2 N–H and O–H groups in total. The summed E-state index contributed by atoms with van der Waals surface area (Å²) in [7, 11) is 0. The summed E-state index contributed by atoms with van der Waals surface area (Å²) in [5, 5.41) is 6.18. The predicted molar refractivity (Wildman–Crippen MR) is 130 cm³/mol. The van der Waals surface area contributed by atoms with Gasteiger partial charge in [0.15, 0.2) is 0 Å². The SMILES string of the molecule is O=C(CCc1ccccc1)NC1CCN(c2ccccc2C(=O)NCc2cccnc2)CC1. The minimum Gasteiger partial charge on any atom is -0.371 e. The molecule has 0 atom stereocenters. The third kappa shape index (κ3) is 6.42. The second-order valence-electron chi connectivity index (χ2n) is 8.38. The Hall–Kier alpha value is -3.67. The smallest absolute Gasteiger partial charge is 0.253 e. The molecule has 2 amide bonds. The van der Waals surface area contributed by atoms with Crippen molar-refractivity contribution in [1.82, 2.24) is 15.6 Å². The van der Waals surface area contributed by atoms with E-state index in [4.69, 9.17) is 0 Å². The standard InChI is InChI=1S/C27H30N4O2/c32-26(13-12-21-7-2-1-3-8-21)30-23-14-17-31(18-15-23)25-11-5-4-10-24(25)27(33)29-20-22-9-6-16-28-19-22/h1-11,16,19,23H,12-15,17-18,20H2,(H,29,33)(H,30,32). The molecule has 1 saturated heterocycles. The van der Waals surface area contributed by atoms with E-state index in [0.29, 0.717) is 18.5 Å². The van der Waals surface area contributed by atoms with E-state index >= 15 is 0 Å². The predicted octanol–water partition coefficient (Wildman–Crippen LogP) is 3.73. The van der Waals surface area contributed by atoms with Crippen LogP contribution in [0.25, 0.3) is 0 Å². The van der Waals surface area contributed by atoms with Crippen molar-refractivity contribution in [2.75, 3.05) is 18.0 Å². The molecule has 33 heavy (non-hydrogen) atoms. The lowest BCUT2D eigenvalue weighted by Gasteiger charge is -2.35. The highest BCUT2D eigenvalue weighted by molar-refractivity contribution is 5.99. The van der Waals surface area contributed by atoms with Crippen molar-refractivity contribution < 1.29 is 9.59 Å². The molecule has 1 fully saturated rings. The highest BCUT2D eigenvalue weighted by Gasteiger charge is 2.23. The van der Waals surface area contributed by atoms with Gasteiger partial charge in [-0.2, -0.15) is 0 Å². The molecule has 0 unspecified atom stereocenters. The average molecular weight is 443 g/mol. The van der Waals surface area contributed by atoms with Gasteiger partial charge in [0.2, 0.25) is 5.91 Å². The van der Waals surface area contributed by atoms with Gasteiger partial charge in [-0.05, 0) is 48.6 Å². The van der Waals surface area contributed by atoms with Crippen LogP contribution in [0, 0.1) is 0 Å². The van der Waals surface area contributed by atoms with Crippen LogP contribution in [0.3, 0.4) is 0 Å². The quantitative estimate of drug-likeness (QED) is 0.558. The van der Waals surface area contributed by atoms with Crippen LogP contribution in [-0.4, -0.2) is 35.9 Å². The van der Waals surface area contributed by atoms with E-state index in [0.717, 1.165) is 43.6 Å². The number of aromatic nitrogens is 1. The lowest BCUT2D eigenvalue weighted by Crippen LogP contribution is -2.45. The molecule has 0 bridgehead atoms. The van der Waals surface area contributed by atoms with Gasteiger partial charge in [0.1, 0.15) is 0 Å². The van der Waals surface area contributed by atoms with E-state index in [1.54, 1.807) is 12.4 Å². The fourth-order valence-electron chi connectivity index (χ4n) is 4.19. The first-order valence-electron chi connectivity index (χ1n) is 11.5. The highest BCUT2D eigenvalue weighted by atomic mass is 16.2. The summed E-state index contributed by atoms with van der Waals surface area (Å²) in [4.78, 5) is 31.6. The maximum atomic E-state index is 12.9. The number of rotatable bonds is 8. The van der Waals surface area contributed by atoms with Crippen molar-refractivity contribution in [1.29, 1.82) is 0 Å². The minimum absolute atomic E-state index is 0.0919. The van der Waals surface area contributed by atoms with Crippen molar-refractivity contribution >= 4 is 17.5 Å². The summed E-state index contributed by atoms with van der Waals surface area (Å²) in [5.74, 6) is 0.0123. The molecular weight excluding hydrogens is 412 g/mol. The third-order valence-corrected chi connectivity index (χ3v) is 6.01. The first-order chi connectivity index (χ1) is 16.2. The largest absolute Gasteiger partial charge is 0.371 e. The zero-order valence-electron chi connectivity index (χ0n) is 18.7. The summed E-state index contributed by atoms with van der Waals surface area (Å²) >= 11 is 0. The summed E-state index contributed by atoms with van der Waals surface area (Å²) < 4.78 is 0. The lowest BCUT2D eigenvalue weighted by atomic mass is 10.0. The summed E-state index contributed by atoms with van der Waals surface area (Å²) in [6.45, 7) is 2.05. The molecule has 6 heteroatoms. The molecule has 6 nitrogen and oxygen atoms in total. The summed E-state index contributed by atoms with van der Waals surface area (Å²) in [6, 6.07) is 21.8. The zero-order chi connectivity index (χ0) is 22.9. The van der Waals surface area contributed by atoms with E-state index in [1.165, 1.54) is 5.56 Å². The van der Waals surface area contributed by atoms with E-state index in [9.17, 15) is 9.59 Å². The van der Waals surface area contributed by atoms with Gasteiger partial charge in [-0.25, -0.2) is 0 Å². The van der Waals surface area contributed by atoms with Crippen LogP contribution in [0.4, 0.5) is 5.69 Å². The number of carbonyl (C=O) groups excluding carboxylic acids is 2. The topological polar surface area (TPSA) is 74.3 Å². The molecule has 4 rings (SSSR count). The van der Waals surface area contributed by atoms with Gasteiger partial charge in [-0.1, -0.05) is 48.5 Å². The van der Waals surface area contributed by atoms with Gasteiger partial charge in [0.25, 0.3) is 5.91 Å². The molecule has 0 radical (unpaired) electrons. The number of piperidine rings is 1. The molecule has 2 heterocycles. The van der Waals surface area contributed by atoms with Crippen LogP contribution in [0.2, 0.25) is 0 Å². The Bertz CT molecular complexity index is 1050. The van der Waals surface area contributed by atoms with Gasteiger partial charge >= 0.3 is 0 Å². The lowest BCUT2D eigenvalue weighted by molar-refractivity contribution is -0.121. The van der Waals surface area contributed by atoms with Crippen LogP contribution in [-0.2, 0) is 17.8 Å². The summed E-state index contributed by atoms with van der Waals surface area (Å²) in [6.07, 6.45) is 6.46. The fraction of sp³-hybridized carbons (Fsp3) is 0.296. The molecule has 1 aliphatic rings. The van der Waals surface area contributed by atoms with Crippen LogP contribution in [0.1, 0.15) is 40.7 Å². The van der Waals surface area contributed by atoms with Gasteiger partial charge in [0, 0.05) is 50.2 Å². The Balaban J connectivity index is 1.28. The normalized spacial score (nSPS) is 14.0. The Morgan fingerprint density at radius 2 is 1.64 bits per heavy atom. The molecule has 170 valence electrons. The van der Waals surface area contributed by atoms with E-state index in [-0.39, 0.29) is 17.9 Å². The first kappa shape index (κ1) is 22.5. The number of anilines is 1. The number of pyridine rings is 1. The molecule has 1 aromatic heterocycles. The molecule has 2 aromatic carbocycles. The second kappa shape index (κ2) is 11.3. The monoisotopic (exact) mass is 442 g/mol. The van der Waals surface area contributed by atoms with Gasteiger partial charge in [-0.3, -0.25) is 14.6 Å². The van der Waals surface area contributed by atoms with Crippen LogP contribution >= 0.6 is 0 Å². The number of aryl methyl sites for hydroxylation is 1. The van der Waals surface area contributed by atoms with Gasteiger partial charge in [-0.15, -0.1) is 0 Å². The Kier molecular flexibility index (Phi) is 7.69. The molecule has 0 spiro atoms. The Morgan fingerprint density at radius 1 is 0.909 bits per heavy atom. The van der Waals surface area contributed by atoms with Crippen LogP contribution in [0.5, 0.6) is 0 Å². The number of benzene rings is 2. The average Bonchev–Trinajstić information content (AvgIpc) is 2.88. The number of amides is 2. The maximum Gasteiger partial charge on any atom is 0.253 e. The zero-order valence-corrected chi connectivity index (χ0v) is 18.7. The van der Waals surface area contributed by atoms with Crippen molar-refractivity contribution in [3.63, 3.8) is 0 Å². The maximum absolute atomic E-state index is 12.9. The van der Waals surface area contributed by atoms with Gasteiger partial charge in [0.05, 0.1) is 5.56 Å². The number of hydrogen-bond acceptors (Lipinski definition) is 4. The van der Waals surface area contributed by atoms with E-state index in [1.807, 2.05) is 54.6 Å². The highest BCUT2D eigenvalue weighted by Crippen LogP contribution is 2.24. The summed E-state index contributed by atoms with van der Waals surface area (Å²) in [5.41, 5.74) is 3.76. The minimum atomic E-state index is -0.0919. The molecule has 0 saturated carbocycles. The van der Waals surface area contributed by atoms with Crippen molar-refractivity contribution in [3.05, 3.63) is 95.8 Å². The molecule has 3 aromatic rings. The molecule has 1 aliphatic heterocycles. The fourth-order valence-corrected chi connectivity index (χ4v) is 4.19. The number of para-hydroxylation sites is 1. The number of hydrogen-bond donors (Lipinski definition) is 2. The van der Waals surface area contributed by atoms with Crippen molar-refractivity contribution in [3.8, 4) is 0 Å². The first-order valence-corrected chi connectivity index (χ1v) is 11.5. The Labute approximate surface area is 195 Å². The van der Waals surface area contributed by atoms with Gasteiger partial charge < -0.3 is 15.5 Å². The number of carbonyl (C=O) groups is 2. The van der Waals surface area contributed by atoms with E-state index in [2.05, 4.69) is 32.7 Å². The molecule has 0 aliphatic carbocycles. The van der Waals surface area contributed by atoms with Crippen LogP contribution in [0.15, 0.2) is 79.1 Å². The van der Waals surface area contributed by atoms with Crippen molar-refractivity contribution in [2.24, 2.45) is 0 Å². The van der Waals surface area contributed by atoms with Crippen LogP contribution < -0.4 is 15.5 Å². The Morgan fingerprint density at radius 3 is 2.39 bits per heavy atom. The molecular formula is C27H30N4O2. The number of nitrogens with zero attached hydrogens (tertiary/aromatic N) is 2. The number of nitrogens with one attached hydrogen (secondary N) is 2. The van der Waals surface area contributed by atoms with Crippen molar-refractivity contribution in [2.45, 2.75) is 38.3 Å². The third-order valence-electron chi connectivity index (χ3n) is 6.01.